The Morgan fingerprint density at radius 2 is 1.73 bits per heavy atom. The van der Waals surface area contributed by atoms with E-state index in [0.29, 0.717) is 10.2 Å². The number of imidazole rings is 1. The molecule has 1 aromatic carbocycles. The number of benzene rings is 1. The van der Waals surface area contributed by atoms with Crippen LogP contribution < -0.4 is 10.1 Å². The van der Waals surface area contributed by atoms with Crippen LogP contribution in [0.4, 0.5) is 8.78 Å². The van der Waals surface area contributed by atoms with Gasteiger partial charge in [0.25, 0.3) is 0 Å². The van der Waals surface area contributed by atoms with E-state index in [9.17, 15) is 8.78 Å². The molecule has 154 valence electrons. The number of hydrogen-bond donors (Lipinski definition) is 1. The average molecular weight is 409 g/mol. The van der Waals surface area contributed by atoms with Crippen LogP contribution in [0.5, 0.6) is 5.88 Å². The van der Waals surface area contributed by atoms with E-state index in [4.69, 9.17) is 4.74 Å². The molecular weight excluding hydrogens is 388 g/mol. The summed E-state index contributed by atoms with van der Waals surface area (Å²) in [4.78, 5) is 4.53. The van der Waals surface area contributed by atoms with Gasteiger partial charge in [-0.05, 0) is 43.6 Å². The fourth-order valence-corrected chi connectivity index (χ4v) is 3.81. The van der Waals surface area contributed by atoms with Crippen LogP contribution in [0.2, 0.25) is 0 Å². The van der Waals surface area contributed by atoms with Gasteiger partial charge in [-0.15, -0.1) is 0 Å². The summed E-state index contributed by atoms with van der Waals surface area (Å²) in [5, 5.41) is 7.05. The minimum absolute atomic E-state index is 0.181. The Bertz CT molecular complexity index is 1150. The van der Waals surface area contributed by atoms with Gasteiger partial charge in [0.15, 0.2) is 5.88 Å². The van der Waals surface area contributed by atoms with Crippen molar-refractivity contribution >= 4 is 5.65 Å². The molecule has 1 fully saturated rings. The summed E-state index contributed by atoms with van der Waals surface area (Å²) in [5.41, 5.74) is 4.18. The maximum absolute atomic E-state index is 12.8. The van der Waals surface area contributed by atoms with Crippen LogP contribution in [-0.2, 0) is 0 Å². The van der Waals surface area contributed by atoms with Gasteiger partial charge in [-0.3, -0.25) is 4.40 Å². The Kier molecular flexibility index (Phi) is 4.92. The average Bonchev–Trinajstić information content (AvgIpc) is 3.43. The van der Waals surface area contributed by atoms with Gasteiger partial charge < -0.3 is 10.1 Å². The highest BCUT2D eigenvalue weighted by atomic mass is 19.3. The molecule has 0 spiro atoms. The zero-order valence-corrected chi connectivity index (χ0v) is 16.2. The summed E-state index contributed by atoms with van der Waals surface area (Å²) in [6, 6.07) is 13.6. The van der Waals surface area contributed by atoms with Crippen molar-refractivity contribution in [3.05, 3.63) is 61.1 Å². The summed E-state index contributed by atoms with van der Waals surface area (Å²) in [7, 11) is 0. The van der Waals surface area contributed by atoms with E-state index >= 15 is 0 Å². The Balaban J connectivity index is 1.46. The largest absolute Gasteiger partial charge is 0.475 e. The lowest BCUT2D eigenvalue weighted by Gasteiger charge is -2.24. The summed E-state index contributed by atoms with van der Waals surface area (Å²) in [5.74, 6) is 0.772. The van der Waals surface area contributed by atoms with Crippen molar-refractivity contribution in [2.75, 3.05) is 13.1 Å². The Morgan fingerprint density at radius 1 is 0.967 bits per heavy atom. The highest BCUT2D eigenvalue weighted by Gasteiger charge is 2.18. The Hall–Kier alpha value is -3.26. The van der Waals surface area contributed by atoms with Crippen molar-refractivity contribution in [3.63, 3.8) is 0 Å². The minimum atomic E-state index is -2.64. The van der Waals surface area contributed by atoms with E-state index in [0.717, 1.165) is 54.3 Å². The van der Waals surface area contributed by atoms with Gasteiger partial charge in [0.2, 0.25) is 0 Å². The van der Waals surface area contributed by atoms with E-state index in [1.54, 1.807) is 0 Å². The van der Waals surface area contributed by atoms with Crippen molar-refractivity contribution in [1.82, 2.24) is 24.5 Å². The molecule has 0 aliphatic carbocycles. The molecule has 4 heterocycles. The predicted molar refractivity (Wildman–Crippen MR) is 110 cm³/mol. The highest BCUT2D eigenvalue weighted by Crippen LogP contribution is 2.29. The Morgan fingerprint density at radius 3 is 2.47 bits per heavy atom. The fourth-order valence-electron chi connectivity index (χ4n) is 3.81. The first kappa shape index (κ1) is 18.7. The summed E-state index contributed by atoms with van der Waals surface area (Å²) < 4.78 is 34.5. The first-order valence-corrected chi connectivity index (χ1v) is 9.96. The molecule has 8 heteroatoms. The van der Waals surface area contributed by atoms with E-state index in [-0.39, 0.29) is 6.10 Å². The smallest absolute Gasteiger partial charge is 0.333 e. The van der Waals surface area contributed by atoms with E-state index in [1.165, 1.54) is 12.4 Å². The standard InChI is InChI=1S/C22H21F2N5O/c23-22(24)28-14-17(12-27-28)15-4-6-16(7-5-15)19-13-26-20-2-1-3-21(29(19)20)30-18-8-10-25-11-9-18/h1-7,12-14,18,22,25H,8-11H2. The molecule has 0 atom stereocenters. The molecule has 0 saturated carbocycles. The number of halogens is 2. The molecule has 0 bridgehead atoms. The van der Waals surface area contributed by atoms with Crippen molar-refractivity contribution in [1.29, 1.82) is 0 Å². The molecule has 6 nitrogen and oxygen atoms in total. The third-order valence-corrected chi connectivity index (χ3v) is 5.38. The molecule has 5 rings (SSSR count). The van der Waals surface area contributed by atoms with Crippen molar-refractivity contribution in [2.45, 2.75) is 25.5 Å². The summed E-state index contributed by atoms with van der Waals surface area (Å²) in [6.45, 7) is -0.725. The number of fused-ring (bicyclic) bond motifs is 1. The van der Waals surface area contributed by atoms with Gasteiger partial charge in [0.05, 0.1) is 18.1 Å². The van der Waals surface area contributed by atoms with Gasteiger partial charge in [0.1, 0.15) is 11.8 Å². The molecule has 30 heavy (non-hydrogen) atoms. The van der Waals surface area contributed by atoms with E-state index in [2.05, 4.69) is 15.4 Å². The first-order valence-electron chi connectivity index (χ1n) is 9.96. The van der Waals surface area contributed by atoms with Crippen molar-refractivity contribution in [3.8, 4) is 28.3 Å². The van der Waals surface area contributed by atoms with E-state index in [1.807, 2.05) is 53.1 Å². The number of piperidine rings is 1. The molecule has 0 unspecified atom stereocenters. The predicted octanol–water partition coefficient (Wildman–Crippen LogP) is 4.39. The fraction of sp³-hybridized carbons (Fsp3) is 0.273. The molecular formula is C22H21F2N5O. The third kappa shape index (κ3) is 3.54. The highest BCUT2D eigenvalue weighted by molar-refractivity contribution is 5.70. The summed E-state index contributed by atoms with van der Waals surface area (Å²) in [6.07, 6.45) is 6.75. The molecule has 0 amide bonds. The van der Waals surface area contributed by atoms with Crippen LogP contribution in [0.1, 0.15) is 19.4 Å². The quantitative estimate of drug-likeness (QED) is 0.531. The lowest BCUT2D eigenvalue weighted by Crippen LogP contribution is -2.34. The van der Waals surface area contributed by atoms with Crippen LogP contribution in [0.3, 0.4) is 0 Å². The number of ether oxygens (including phenoxy) is 1. The van der Waals surface area contributed by atoms with Gasteiger partial charge in [-0.2, -0.15) is 13.9 Å². The molecule has 1 saturated heterocycles. The SMILES string of the molecule is FC(F)n1cc(-c2ccc(-c3cnc4cccc(OC5CCNCC5)n34)cc2)cn1. The minimum Gasteiger partial charge on any atom is -0.475 e. The summed E-state index contributed by atoms with van der Waals surface area (Å²) >= 11 is 0. The van der Waals surface area contributed by atoms with Crippen LogP contribution in [0.25, 0.3) is 28.0 Å². The van der Waals surface area contributed by atoms with Crippen LogP contribution in [0, 0.1) is 0 Å². The molecule has 3 aromatic heterocycles. The zero-order chi connectivity index (χ0) is 20.5. The maximum atomic E-state index is 12.8. The van der Waals surface area contributed by atoms with Gasteiger partial charge >= 0.3 is 6.55 Å². The lowest BCUT2D eigenvalue weighted by atomic mass is 10.1. The number of rotatable bonds is 5. The maximum Gasteiger partial charge on any atom is 0.333 e. The second-order valence-electron chi connectivity index (χ2n) is 7.33. The van der Waals surface area contributed by atoms with Crippen LogP contribution in [-0.4, -0.2) is 38.4 Å². The topological polar surface area (TPSA) is 56.4 Å². The first-order chi connectivity index (χ1) is 14.7. The van der Waals surface area contributed by atoms with Crippen molar-refractivity contribution < 1.29 is 13.5 Å². The third-order valence-electron chi connectivity index (χ3n) is 5.38. The monoisotopic (exact) mass is 409 g/mol. The molecule has 4 aromatic rings. The van der Waals surface area contributed by atoms with Crippen molar-refractivity contribution in [2.24, 2.45) is 0 Å². The second kappa shape index (κ2) is 7.87. The zero-order valence-electron chi connectivity index (χ0n) is 16.2. The van der Waals surface area contributed by atoms with E-state index < -0.39 is 6.55 Å². The molecule has 1 N–H and O–H groups in total. The number of pyridine rings is 1. The normalized spacial score (nSPS) is 15.2. The number of nitrogens with one attached hydrogen (secondary N) is 1. The number of hydrogen-bond acceptors (Lipinski definition) is 4. The molecule has 1 aliphatic rings. The number of aromatic nitrogens is 4. The number of alkyl halides is 2. The number of nitrogens with zero attached hydrogens (tertiary/aromatic N) is 4. The van der Waals surface area contributed by atoms with Crippen LogP contribution >= 0.6 is 0 Å². The Labute approximate surface area is 172 Å². The molecule has 1 aliphatic heterocycles. The van der Waals surface area contributed by atoms with Gasteiger partial charge in [-0.1, -0.05) is 30.3 Å². The van der Waals surface area contributed by atoms with Crippen LogP contribution in [0.15, 0.2) is 61.1 Å². The van der Waals surface area contributed by atoms with Gasteiger partial charge in [0, 0.05) is 17.3 Å². The lowest BCUT2D eigenvalue weighted by molar-refractivity contribution is 0.0566. The van der Waals surface area contributed by atoms with Gasteiger partial charge in [-0.25, -0.2) is 9.67 Å². The molecule has 0 radical (unpaired) electrons. The second-order valence-corrected chi connectivity index (χ2v) is 7.33.